The third kappa shape index (κ3) is 8.70. The fraction of sp³-hybridized carbons (Fsp3) is 1.00. The van der Waals surface area contributed by atoms with Crippen molar-refractivity contribution in [2.75, 3.05) is 93.1 Å². The van der Waals surface area contributed by atoms with Crippen LogP contribution in [0.15, 0.2) is 0 Å². The molecule has 139 valence electrons. The largest absolute Gasteiger partial charge is 0.304 e. The molecule has 2 bridgehead atoms. The third-order valence-corrected chi connectivity index (χ3v) is 5.20. The standard InChI is InChI=1S/C15H32ClN5.ClH.Mn/c1-17-4-9-20-10-5-18(2)8-13-21(12-7-17)15(16)14-19(3)6-11-20;;/h15H,4-14H2,1-3H3;1H;. The van der Waals surface area contributed by atoms with Crippen molar-refractivity contribution in [2.45, 2.75) is 5.50 Å². The molecule has 3 fully saturated rings. The van der Waals surface area contributed by atoms with Crippen LogP contribution in [0.1, 0.15) is 0 Å². The van der Waals surface area contributed by atoms with Crippen LogP contribution in [0.3, 0.4) is 0 Å². The van der Waals surface area contributed by atoms with Crippen LogP contribution >= 0.6 is 24.0 Å². The first kappa shape index (κ1) is 23.9. The Labute approximate surface area is 164 Å². The molecule has 3 rings (SSSR count). The summed E-state index contributed by atoms with van der Waals surface area (Å²) in [6, 6.07) is 0. The van der Waals surface area contributed by atoms with Gasteiger partial charge < -0.3 is 14.7 Å². The van der Waals surface area contributed by atoms with Crippen molar-refractivity contribution in [3.8, 4) is 0 Å². The average molecular weight is 409 g/mol. The van der Waals surface area contributed by atoms with Gasteiger partial charge >= 0.3 is 0 Å². The van der Waals surface area contributed by atoms with Gasteiger partial charge in [-0.3, -0.25) is 9.80 Å². The first-order chi connectivity index (χ1) is 10.0. The summed E-state index contributed by atoms with van der Waals surface area (Å²) < 4.78 is 0. The molecule has 0 N–H and O–H groups in total. The van der Waals surface area contributed by atoms with Crippen LogP contribution in [-0.2, 0) is 17.1 Å². The van der Waals surface area contributed by atoms with Crippen LogP contribution in [0.4, 0.5) is 0 Å². The van der Waals surface area contributed by atoms with Crippen LogP contribution < -0.4 is 0 Å². The second-order valence-electron chi connectivity index (χ2n) is 6.68. The predicted molar refractivity (Wildman–Crippen MR) is 97.4 cm³/mol. The number of likely N-dealkylation sites (N-methyl/N-ethyl adjacent to an activating group) is 3. The number of rotatable bonds is 0. The second kappa shape index (κ2) is 12.3. The molecule has 3 heterocycles. The monoisotopic (exact) mass is 408 g/mol. The van der Waals surface area contributed by atoms with Gasteiger partial charge in [0.2, 0.25) is 0 Å². The topological polar surface area (TPSA) is 16.2 Å². The molecule has 0 amide bonds. The van der Waals surface area contributed by atoms with E-state index < -0.39 is 0 Å². The van der Waals surface area contributed by atoms with Crippen LogP contribution in [-0.4, -0.2) is 123 Å². The molecule has 1 atom stereocenters. The number of nitrogens with zero attached hydrogens (tertiary/aromatic N) is 5. The van der Waals surface area contributed by atoms with Crippen molar-refractivity contribution in [3.63, 3.8) is 0 Å². The number of alkyl halides is 1. The van der Waals surface area contributed by atoms with Crippen molar-refractivity contribution < 1.29 is 17.1 Å². The summed E-state index contributed by atoms with van der Waals surface area (Å²) in [5.74, 6) is 0. The zero-order chi connectivity index (χ0) is 15.2. The maximum atomic E-state index is 6.69. The maximum absolute atomic E-state index is 6.69. The van der Waals surface area contributed by atoms with Crippen molar-refractivity contribution >= 4 is 24.0 Å². The molecule has 0 aliphatic carbocycles. The molecule has 3 aliphatic heterocycles. The smallest absolute Gasteiger partial charge is 0.0979 e. The van der Waals surface area contributed by atoms with E-state index in [1.807, 2.05) is 0 Å². The summed E-state index contributed by atoms with van der Waals surface area (Å²) in [5.41, 5.74) is 0.115. The molecule has 3 aliphatic rings. The molecular formula is C15H33Cl2MnN5. The van der Waals surface area contributed by atoms with E-state index in [2.05, 4.69) is 45.6 Å². The Morgan fingerprint density at radius 1 is 0.652 bits per heavy atom. The molecule has 1 radical (unpaired) electrons. The van der Waals surface area contributed by atoms with Gasteiger partial charge in [0, 0.05) is 89.1 Å². The SMILES string of the molecule is CN1CCN2CCN(C)CCN(CC1)C(Cl)CN(C)CC2.Cl.[Mn]. The van der Waals surface area contributed by atoms with Crippen LogP contribution in [0.5, 0.6) is 0 Å². The van der Waals surface area contributed by atoms with Gasteiger partial charge in [-0.15, -0.1) is 24.0 Å². The molecule has 0 aromatic rings. The van der Waals surface area contributed by atoms with Gasteiger partial charge in [0.25, 0.3) is 0 Å². The van der Waals surface area contributed by atoms with Gasteiger partial charge in [-0.2, -0.15) is 0 Å². The minimum atomic E-state index is 0. The van der Waals surface area contributed by atoms with E-state index in [0.29, 0.717) is 0 Å². The van der Waals surface area contributed by atoms with Gasteiger partial charge in [-0.05, 0) is 21.1 Å². The van der Waals surface area contributed by atoms with Gasteiger partial charge in [-0.1, -0.05) is 0 Å². The zero-order valence-corrected chi connectivity index (χ0v) is 17.5. The number of halogens is 2. The molecular weight excluding hydrogens is 376 g/mol. The van der Waals surface area contributed by atoms with Crippen molar-refractivity contribution in [3.05, 3.63) is 0 Å². The van der Waals surface area contributed by atoms with E-state index in [9.17, 15) is 0 Å². The summed E-state index contributed by atoms with van der Waals surface area (Å²) in [7, 11) is 6.66. The Bertz CT molecular complexity index is 296. The number of fused-ring (bicyclic) bond motifs is 12. The normalized spacial score (nSPS) is 33.1. The van der Waals surface area contributed by atoms with E-state index in [1.165, 1.54) is 13.1 Å². The van der Waals surface area contributed by atoms with E-state index in [0.717, 1.165) is 58.9 Å². The van der Waals surface area contributed by atoms with E-state index in [1.54, 1.807) is 0 Å². The molecule has 3 saturated heterocycles. The van der Waals surface area contributed by atoms with Gasteiger partial charge in [0.15, 0.2) is 0 Å². The van der Waals surface area contributed by atoms with Crippen molar-refractivity contribution in [2.24, 2.45) is 0 Å². The van der Waals surface area contributed by atoms with Crippen molar-refractivity contribution in [1.82, 2.24) is 24.5 Å². The van der Waals surface area contributed by atoms with Crippen LogP contribution in [0, 0.1) is 0 Å². The van der Waals surface area contributed by atoms with Gasteiger partial charge in [-0.25, -0.2) is 0 Å². The van der Waals surface area contributed by atoms with E-state index >= 15 is 0 Å². The molecule has 0 saturated carbocycles. The Balaban J connectivity index is 0.00000242. The van der Waals surface area contributed by atoms with Crippen molar-refractivity contribution in [1.29, 1.82) is 0 Å². The van der Waals surface area contributed by atoms with E-state index in [4.69, 9.17) is 11.6 Å². The quantitative estimate of drug-likeness (QED) is 0.326. The molecule has 8 heteroatoms. The summed E-state index contributed by atoms with van der Waals surface area (Å²) in [5, 5.41) is 0. The number of hydrogen-bond acceptors (Lipinski definition) is 5. The molecule has 0 aromatic carbocycles. The molecule has 1 unspecified atom stereocenters. The Hall–Kier alpha value is 0.899. The average Bonchev–Trinajstić information content (AvgIpc) is 2.43. The van der Waals surface area contributed by atoms with Crippen LogP contribution in [0.25, 0.3) is 0 Å². The second-order valence-corrected chi connectivity index (χ2v) is 7.18. The fourth-order valence-electron chi connectivity index (χ4n) is 2.95. The van der Waals surface area contributed by atoms with E-state index in [-0.39, 0.29) is 35.0 Å². The fourth-order valence-corrected chi connectivity index (χ4v) is 3.38. The summed E-state index contributed by atoms with van der Waals surface area (Å²) in [6.45, 7) is 12.1. The maximum Gasteiger partial charge on any atom is 0.0979 e. The first-order valence-corrected chi connectivity index (χ1v) is 8.64. The summed E-state index contributed by atoms with van der Waals surface area (Å²) in [4.78, 5) is 12.3. The Morgan fingerprint density at radius 3 is 1.52 bits per heavy atom. The third-order valence-electron chi connectivity index (χ3n) is 4.79. The van der Waals surface area contributed by atoms with Crippen LogP contribution in [0.2, 0.25) is 0 Å². The molecule has 0 spiro atoms. The summed E-state index contributed by atoms with van der Waals surface area (Å²) in [6.07, 6.45) is 0. The number of hydrogen-bond donors (Lipinski definition) is 0. The Morgan fingerprint density at radius 2 is 1.04 bits per heavy atom. The first-order valence-electron chi connectivity index (χ1n) is 8.20. The van der Waals surface area contributed by atoms with Gasteiger partial charge in [0.05, 0.1) is 5.50 Å². The molecule has 0 aromatic heterocycles. The zero-order valence-electron chi connectivity index (χ0n) is 14.8. The van der Waals surface area contributed by atoms with Gasteiger partial charge in [0.1, 0.15) is 0 Å². The predicted octanol–water partition coefficient (Wildman–Crippen LogP) is 0.397. The minimum Gasteiger partial charge on any atom is -0.304 e. The molecule has 23 heavy (non-hydrogen) atoms. The Kier molecular flexibility index (Phi) is 12.8. The minimum absolute atomic E-state index is 0. The molecule has 5 nitrogen and oxygen atoms in total. The summed E-state index contributed by atoms with van der Waals surface area (Å²) >= 11 is 6.69.